The number of carbonyl (C=O) groups excluding carboxylic acids is 1. The van der Waals surface area contributed by atoms with Crippen LogP contribution in [0.4, 0.5) is 0 Å². The van der Waals surface area contributed by atoms with Crippen LogP contribution in [0.15, 0.2) is 30.3 Å². The fourth-order valence-electron chi connectivity index (χ4n) is 3.63. The van der Waals surface area contributed by atoms with E-state index < -0.39 is 0 Å². The fourth-order valence-corrected chi connectivity index (χ4v) is 3.63. The van der Waals surface area contributed by atoms with E-state index in [4.69, 9.17) is 5.73 Å². The Hall–Kier alpha value is -1.35. The van der Waals surface area contributed by atoms with Crippen molar-refractivity contribution in [3.05, 3.63) is 35.9 Å². The van der Waals surface area contributed by atoms with E-state index in [0.717, 1.165) is 12.8 Å². The second-order valence-corrected chi connectivity index (χ2v) is 8.20. The molecule has 1 rings (SSSR count). The molecule has 0 aromatic heterocycles. The summed E-state index contributed by atoms with van der Waals surface area (Å²) in [6.07, 6.45) is 19.9. The zero-order chi connectivity index (χ0) is 20.3. The highest BCUT2D eigenvalue weighted by atomic mass is 16.1. The van der Waals surface area contributed by atoms with Crippen molar-refractivity contribution in [2.24, 2.45) is 5.73 Å². The minimum absolute atomic E-state index is 0.00578. The zero-order valence-electron chi connectivity index (χ0n) is 18.3. The highest BCUT2D eigenvalue weighted by Crippen LogP contribution is 2.13. The molecule has 0 fully saturated rings. The maximum Gasteiger partial charge on any atom is 0.251 e. The Morgan fingerprint density at radius 1 is 0.786 bits per heavy atom. The van der Waals surface area contributed by atoms with Crippen LogP contribution < -0.4 is 11.1 Å². The minimum atomic E-state index is -0.00578. The number of hydrogen-bond acceptors (Lipinski definition) is 2. The first-order valence-corrected chi connectivity index (χ1v) is 11.8. The summed E-state index contributed by atoms with van der Waals surface area (Å²) < 4.78 is 0. The van der Waals surface area contributed by atoms with Gasteiger partial charge in [-0.25, -0.2) is 0 Å². The highest BCUT2D eigenvalue weighted by Gasteiger charge is 2.06. The van der Waals surface area contributed by atoms with Gasteiger partial charge in [-0.15, -0.1) is 0 Å². The maximum atomic E-state index is 12.0. The highest BCUT2D eigenvalue weighted by molar-refractivity contribution is 5.94. The normalized spacial score (nSPS) is 12.1. The molecule has 3 heteroatoms. The van der Waals surface area contributed by atoms with Gasteiger partial charge in [0.25, 0.3) is 5.91 Å². The van der Waals surface area contributed by atoms with E-state index in [9.17, 15) is 4.79 Å². The van der Waals surface area contributed by atoms with Crippen molar-refractivity contribution in [1.82, 2.24) is 5.32 Å². The van der Waals surface area contributed by atoms with Gasteiger partial charge in [0.15, 0.2) is 0 Å². The summed E-state index contributed by atoms with van der Waals surface area (Å²) in [5.41, 5.74) is 6.90. The minimum Gasteiger partial charge on any atom is -0.352 e. The van der Waals surface area contributed by atoms with Crippen molar-refractivity contribution < 1.29 is 4.79 Å². The molecule has 28 heavy (non-hydrogen) atoms. The second-order valence-electron chi connectivity index (χ2n) is 8.20. The lowest BCUT2D eigenvalue weighted by atomic mass is 10.0. The average molecular weight is 389 g/mol. The van der Waals surface area contributed by atoms with Crippen molar-refractivity contribution in [3.8, 4) is 0 Å². The fraction of sp³-hybridized carbons (Fsp3) is 0.720. The summed E-state index contributed by atoms with van der Waals surface area (Å²) in [7, 11) is 0. The number of benzene rings is 1. The molecule has 1 unspecified atom stereocenters. The van der Waals surface area contributed by atoms with E-state index in [2.05, 4.69) is 12.2 Å². The standard InChI is InChI=1S/C25H44N2O/c1-2-3-4-5-6-7-8-9-10-11-12-13-17-20-24(26)21-22-27-25(28)23-18-15-14-16-19-23/h14-16,18-19,24H,2-13,17,20-22,26H2,1H3,(H,27,28). The smallest absolute Gasteiger partial charge is 0.251 e. The third-order valence-electron chi connectivity index (χ3n) is 5.52. The van der Waals surface area contributed by atoms with Gasteiger partial charge in [0, 0.05) is 18.2 Å². The molecule has 0 saturated heterocycles. The molecule has 3 N–H and O–H groups in total. The Labute approximate surface area is 173 Å². The molecule has 0 radical (unpaired) electrons. The van der Waals surface area contributed by atoms with E-state index >= 15 is 0 Å². The molecular weight excluding hydrogens is 344 g/mol. The van der Waals surface area contributed by atoms with E-state index in [1.165, 1.54) is 83.5 Å². The largest absolute Gasteiger partial charge is 0.352 e. The van der Waals surface area contributed by atoms with Gasteiger partial charge in [-0.3, -0.25) is 4.79 Å². The SMILES string of the molecule is CCCCCCCCCCCCCCCC(N)CCNC(=O)c1ccccc1. The molecule has 1 atom stereocenters. The van der Waals surface area contributed by atoms with Crippen molar-refractivity contribution in [2.75, 3.05) is 6.54 Å². The first-order valence-electron chi connectivity index (χ1n) is 11.8. The Morgan fingerprint density at radius 3 is 1.82 bits per heavy atom. The summed E-state index contributed by atoms with van der Waals surface area (Å²) in [5.74, 6) is -0.00578. The Kier molecular flexibility index (Phi) is 15.6. The summed E-state index contributed by atoms with van der Waals surface area (Å²) in [6.45, 7) is 2.94. The third-order valence-corrected chi connectivity index (χ3v) is 5.52. The summed E-state index contributed by atoms with van der Waals surface area (Å²) in [6, 6.07) is 9.56. The molecule has 1 amide bonds. The first kappa shape index (κ1) is 24.7. The Morgan fingerprint density at radius 2 is 1.29 bits per heavy atom. The van der Waals surface area contributed by atoms with Crippen LogP contribution >= 0.6 is 0 Å². The molecule has 3 nitrogen and oxygen atoms in total. The summed E-state index contributed by atoms with van der Waals surface area (Å²) in [5, 5.41) is 2.96. The van der Waals surface area contributed by atoms with Crippen molar-refractivity contribution in [3.63, 3.8) is 0 Å². The van der Waals surface area contributed by atoms with E-state index in [0.29, 0.717) is 12.1 Å². The molecule has 1 aromatic rings. The number of nitrogens with two attached hydrogens (primary N) is 1. The number of carbonyl (C=O) groups is 1. The molecule has 0 bridgehead atoms. The van der Waals surface area contributed by atoms with Crippen molar-refractivity contribution in [2.45, 2.75) is 109 Å². The zero-order valence-corrected chi connectivity index (χ0v) is 18.3. The topological polar surface area (TPSA) is 55.1 Å². The van der Waals surface area contributed by atoms with Gasteiger partial charge in [-0.2, -0.15) is 0 Å². The van der Waals surface area contributed by atoms with Gasteiger partial charge in [-0.05, 0) is 25.0 Å². The molecule has 0 aliphatic carbocycles. The summed E-state index contributed by atoms with van der Waals surface area (Å²) >= 11 is 0. The van der Waals surface area contributed by atoms with Gasteiger partial charge >= 0.3 is 0 Å². The number of rotatable bonds is 18. The molecule has 0 spiro atoms. The van der Waals surface area contributed by atoms with Crippen LogP contribution in [0.5, 0.6) is 0 Å². The lowest BCUT2D eigenvalue weighted by molar-refractivity contribution is 0.0952. The second kappa shape index (κ2) is 17.7. The number of unbranched alkanes of at least 4 members (excludes halogenated alkanes) is 12. The van der Waals surface area contributed by atoms with Crippen LogP contribution in [0.2, 0.25) is 0 Å². The Bertz CT molecular complexity index is 475. The van der Waals surface area contributed by atoms with Gasteiger partial charge in [0.2, 0.25) is 0 Å². The number of nitrogens with one attached hydrogen (secondary N) is 1. The van der Waals surface area contributed by atoms with Crippen molar-refractivity contribution in [1.29, 1.82) is 0 Å². The molecule has 1 aromatic carbocycles. The van der Waals surface area contributed by atoms with Crippen LogP contribution in [-0.2, 0) is 0 Å². The molecule has 0 heterocycles. The third kappa shape index (κ3) is 13.8. The van der Waals surface area contributed by atoms with Crippen LogP contribution in [0, 0.1) is 0 Å². The van der Waals surface area contributed by atoms with Crippen LogP contribution in [0.1, 0.15) is 114 Å². The van der Waals surface area contributed by atoms with E-state index in [-0.39, 0.29) is 11.9 Å². The molecular formula is C25H44N2O. The van der Waals surface area contributed by atoms with E-state index in [1.54, 1.807) is 0 Å². The quantitative estimate of drug-likeness (QED) is 0.278. The molecule has 0 aliphatic rings. The Balaban J connectivity index is 1.84. The average Bonchev–Trinajstić information content (AvgIpc) is 2.72. The number of amides is 1. The van der Waals surface area contributed by atoms with Crippen LogP contribution in [0.3, 0.4) is 0 Å². The monoisotopic (exact) mass is 388 g/mol. The predicted molar refractivity (Wildman–Crippen MR) is 122 cm³/mol. The molecule has 0 saturated carbocycles. The predicted octanol–water partition coefficient (Wildman–Crippen LogP) is 6.62. The van der Waals surface area contributed by atoms with Gasteiger partial charge in [0.1, 0.15) is 0 Å². The van der Waals surface area contributed by atoms with Crippen LogP contribution in [-0.4, -0.2) is 18.5 Å². The molecule has 160 valence electrons. The lowest BCUT2D eigenvalue weighted by Gasteiger charge is -2.12. The van der Waals surface area contributed by atoms with Gasteiger partial charge < -0.3 is 11.1 Å². The van der Waals surface area contributed by atoms with Gasteiger partial charge in [0.05, 0.1) is 0 Å². The first-order chi connectivity index (χ1) is 13.7. The van der Waals surface area contributed by atoms with E-state index in [1.807, 2.05) is 30.3 Å². The summed E-state index contributed by atoms with van der Waals surface area (Å²) in [4.78, 5) is 12.0. The maximum absolute atomic E-state index is 12.0. The van der Waals surface area contributed by atoms with Crippen LogP contribution in [0.25, 0.3) is 0 Å². The lowest BCUT2D eigenvalue weighted by Crippen LogP contribution is -2.30. The molecule has 0 aliphatic heterocycles. The van der Waals surface area contributed by atoms with Gasteiger partial charge in [-0.1, -0.05) is 109 Å². The number of hydrogen-bond donors (Lipinski definition) is 2. The van der Waals surface area contributed by atoms with Crippen molar-refractivity contribution >= 4 is 5.91 Å².